The Morgan fingerprint density at radius 3 is 3.07 bits per heavy atom. The molecule has 2 aliphatic heterocycles. The van der Waals surface area contributed by atoms with E-state index in [2.05, 4.69) is 10.2 Å². The maximum absolute atomic E-state index is 11.7. The fraction of sp³-hybridized carbons (Fsp3) is 0.909. The molecule has 2 heterocycles. The summed E-state index contributed by atoms with van der Waals surface area (Å²) in [5, 5.41) is 3.35. The van der Waals surface area contributed by atoms with Crippen molar-refractivity contribution in [2.24, 2.45) is 0 Å². The Bertz CT molecular complexity index is 227. The Labute approximate surface area is 91.0 Å². The van der Waals surface area contributed by atoms with Gasteiger partial charge in [0.1, 0.15) is 6.04 Å². The van der Waals surface area contributed by atoms with Crippen LogP contribution in [0.4, 0.5) is 0 Å². The summed E-state index contributed by atoms with van der Waals surface area (Å²) in [4.78, 5) is 14.1. The molecule has 0 aromatic carbocycles. The molecule has 0 amide bonds. The first-order valence-corrected chi connectivity index (χ1v) is 5.96. The van der Waals surface area contributed by atoms with Gasteiger partial charge in [0.05, 0.1) is 6.61 Å². The molecule has 4 heteroatoms. The molecule has 86 valence electrons. The summed E-state index contributed by atoms with van der Waals surface area (Å²) < 4.78 is 5.11. The zero-order valence-electron chi connectivity index (χ0n) is 9.37. The lowest BCUT2D eigenvalue weighted by Crippen LogP contribution is -2.44. The monoisotopic (exact) mass is 212 g/mol. The summed E-state index contributed by atoms with van der Waals surface area (Å²) in [5.74, 6) is -0.0260. The van der Waals surface area contributed by atoms with Crippen molar-refractivity contribution >= 4 is 5.97 Å². The van der Waals surface area contributed by atoms with Crippen molar-refractivity contribution in [3.8, 4) is 0 Å². The van der Waals surface area contributed by atoms with Crippen molar-refractivity contribution in [3.05, 3.63) is 0 Å². The standard InChI is InChI=1S/C11H20N2O2/c1-2-15-11(14)10-4-3-7-13(10)9-5-6-12-8-9/h9-10,12H,2-8H2,1H3. The van der Waals surface area contributed by atoms with Gasteiger partial charge in [0.25, 0.3) is 0 Å². The predicted octanol–water partition coefficient (Wildman–Crippen LogP) is 0.376. The highest BCUT2D eigenvalue weighted by molar-refractivity contribution is 5.76. The first-order valence-electron chi connectivity index (χ1n) is 5.96. The van der Waals surface area contributed by atoms with Gasteiger partial charge in [0, 0.05) is 12.6 Å². The van der Waals surface area contributed by atoms with Crippen molar-refractivity contribution in [1.29, 1.82) is 0 Å². The van der Waals surface area contributed by atoms with Crippen LogP contribution in [0.15, 0.2) is 0 Å². The van der Waals surface area contributed by atoms with Gasteiger partial charge < -0.3 is 10.1 Å². The molecule has 2 unspecified atom stereocenters. The molecule has 0 aromatic rings. The molecule has 0 radical (unpaired) electrons. The minimum absolute atomic E-state index is 0.0230. The molecule has 1 N–H and O–H groups in total. The molecule has 15 heavy (non-hydrogen) atoms. The molecule has 0 spiro atoms. The third-order valence-electron chi connectivity index (χ3n) is 3.36. The second-order valence-corrected chi connectivity index (χ2v) is 4.29. The van der Waals surface area contributed by atoms with Gasteiger partial charge in [-0.3, -0.25) is 9.69 Å². The van der Waals surface area contributed by atoms with Crippen molar-refractivity contribution in [3.63, 3.8) is 0 Å². The number of esters is 1. The molecule has 2 rings (SSSR count). The summed E-state index contributed by atoms with van der Waals surface area (Å²) in [6.45, 7) is 5.52. The van der Waals surface area contributed by atoms with Gasteiger partial charge in [-0.1, -0.05) is 0 Å². The SMILES string of the molecule is CCOC(=O)C1CCCN1C1CCNC1. The molecular formula is C11H20N2O2. The van der Waals surface area contributed by atoms with Crippen LogP contribution >= 0.6 is 0 Å². The summed E-state index contributed by atoms with van der Waals surface area (Å²) in [7, 11) is 0. The minimum Gasteiger partial charge on any atom is -0.465 e. The molecule has 0 saturated carbocycles. The van der Waals surface area contributed by atoms with Crippen LogP contribution in [0, 0.1) is 0 Å². The Morgan fingerprint density at radius 2 is 2.40 bits per heavy atom. The lowest BCUT2D eigenvalue weighted by atomic mass is 10.1. The van der Waals surface area contributed by atoms with Gasteiger partial charge in [0.15, 0.2) is 0 Å². The lowest BCUT2D eigenvalue weighted by molar-refractivity contribution is -0.149. The van der Waals surface area contributed by atoms with Crippen LogP contribution in [0.2, 0.25) is 0 Å². The quantitative estimate of drug-likeness (QED) is 0.687. The molecule has 2 atom stereocenters. The maximum atomic E-state index is 11.7. The van der Waals surface area contributed by atoms with E-state index in [-0.39, 0.29) is 12.0 Å². The van der Waals surface area contributed by atoms with E-state index in [0.29, 0.717) is 12.6 Å². The normalized spacial score (nSPS) is 32.1. The second kappa shape index (κ2) is 4.94. The van der Waals surface area contributed by atoms with Gasteiger partial charge in [-0.05, 0) is 39.3 Å². The highest BCUT2D eigenvalue weighted by Gasteiger charge is 2.37. The third-order valence-corrected chi connectivity index (χ3v) is 3.36. The average Bonchev–Trinajstić information content (AvgIpc) is 2.88. The van der Waals surface area contributed by atoms with Crippen LogP contribution in [-0.4, -0.2) is 49.2 Å². The molecular weight excluding hydrogens is 192 g/mol. The lowest BCUT2D eigenvalue weighted by Gasteiger charge is -2.28. The third kappa shape index (κ3) is 2.32. The first kappa shape index (κ1) is 10.9. The van der Waals surface area contributed by atoms with Crippen LogP contribution in [-0.2, 0) is 9.53 Å². The summed E-state index contributed by atoms with van der Waals surface area (Å²) in [5.41, 5.74) is 0. The Kier molecular flexibility index (Phi) is 3.59. The van der Waals surface area contributed by atoms with Crippen LogP contribution in [0.3, 0.4) is 0 Å². The Hall–Kier alpha value is -0.610. The highest BCUT2D eigenvalue weighted by atomic mass is 16.5. The zero-order valence-corrected chi connectivity index (χ0v) is 9.37. The van der Waals surface area contributed by atoms with E-state index in [1.54, 1.807) is 0 Å². The molecule has 0 aromatic heterocycles. The van der Waals surface area contributed by atoms with Crippen molar-refractivity contribution in [1.82, 2.24) is 10.2 Å². The predicted molar refractivity (Wildman–Crippen MR) is 57.6 cm³/mol. The maximum Gasteiger partial charge on any atom is 0.323 e. The fourth-order valence-corrected chi connectivity index (χ4v) is 2.64. The minimum atomic E-state index is -0.0260. The average molecular weight is 212 g/mol. The summed E-state index contributed by atoms with van der Waals surface area (Å²) in [6.07, 6.45) is 3.26. The number of ether oxygens (including phenoxy) is 1. The number of hydrogen-bond acceptors (Lipinski definition) is 4. The van der Waals surface area contributed by atoms with Gasteiger partial charge in [-0.25, -0.2) is 0 Å². The van der Waals surface area contributed by atoms with E-state index in [9.17, 15) is 4.79 Å². The highest BCUT2D eigenvalue weighted by Crippen LogP contribution is 2.23. The van der Waals surface area contributed by atoms with Crippen molar-refractivity contribution in [2.75, 3.05) is 26.2 Å². The van der Waals surface area contributed by atoms with E-state index >= 15 is 0 Å². The zero-order chi connectivity index (χ0) is 10.7. The van der Waals surface area contributed by atoms with Gasteiger partial charge >= 0.3 is 5.97 Å². The molecule has 0 bridgehead atoms. The number of carbonyl (C=O) groups is 1. The molecule has 0 aliphatic carbocycles. The van der Waals surface area contributed by atoms with E-state index < -0.39 is 0 Å². The van der Waals surface area contributed by atoms with E-state index in [1.165, 1.54) is 0 Å². The van der Waals surface area contributed by atoms with Crippen molar-refractivity contribution < 1.29 is 9.53 Å². The summed E-state index contributed by atoms with van der Waals surface area (Å²) in [6, 6.07) is 0.566. The Balaban J connectivity index is 1.94. The number of hydrogen-bond donors (Lipinski definition) is 1. The molecule has 2 fully saturated rings. The van der Waals surface area contributed by atoms with Gasteiger partial charge in [0.2, 0.25) is 0 Å². The number of likely N-dealkylation sites (tertiary alicyclic amines) is 1. The number of nitrogens with one attached hydrogen (secondary N) is 1. The van der Waals surface area contributed by atoms with Crippen molar-refractivity contribution in [2.45, 2.75) is 38.3 Å². The number of rotatable bonds is 3. The van der Waals surface area contributed by atoms with E-state index in [0.717, 1.165) is 38.9 Å². The van der Waals surface area contributed by atoms with E-state index in [1.807, 2.05) is 6.92 Å². The van der Waals surface area contributed by atoms with Crippen LogP contribution in [0.25, 0.3) is 0 Å². The smallest absolute Gasteiger partial charge is 0.323 e. The first-order chi connectivity index (χ1) is 7.33. The van der Waals surface area contributed by atoms with Gasteiger partial charge in [-0.2, -0.15) is 0 Å². The molecule has 2 aliphatic rings. The van der Waals surface area contributed by atoms with Gasteiger partial charge in [-0.15, -0.1) is 0 Å². The van der Waals surface area contributed by atoms with Crippen LogP contribution in [0.5, 0.6) is 0 Å². The second-order valence-electron chi connectivity index (χ2n) is 4.29. The molecule has 2 saturated heterocycles. The van der Waals surface area contributed by atoms with Crippen LogP contribution in [0.1, 0.15) is 26.2 Å². The summed E-state index contributed by atoms with van der Waals surface area (Å²) >= 11 is 0. The number of carbonyl (C=O) groups excluding carboxylic acids is 1. The topological polar surface area (TPSA) is 41.6 Å². The van der Waals surface area contributed by atoms with E-state index in [4.69, 9.17) is 4.74 Å². The Morgan fingerprint density at radius 1 is 1.53 bits per heavy atom. The fourth-order valence-electron chi connectivity index (χ4n) is 2.64. The largest absolute Gasteiger partial charge is 0.465 e. The number of nitrogens with zero attached hydrogens (tertiary/aromatic N) is 1. The molecule has 4 nitrogen and oxygen atoms in total. The van der Waals surface area contributed by atoms with Crippen LogP contribution < -0.4 is 5.32 Å².